The summed E-state index contributed by atoms with van der Waals surface area (Å²) < 4.78 is 10.4. The third kappa shape index (κ3) is 7.89. The van der Waals surface area contributed by atoms with Crippen LogP contribution in [0.5, 0.6) is 5.75 Å². The second kappa shape index (κ2) is 14.2. The van der Waals surface area contributed by atoms with Gasteiger partial charge in [0.2, 0.25) is 0 Å². The summed E-state index contributed by atoms with van der Waals surface area (Å²) in [5.74, 6) is -0.529. The molecule has 2 heterocycles. The molecule has 0 aliphatic carbocycles. The number of carbonyl (C=O) groups is 3. The fraction of sp³-hybridized carbons (Fsp3) is 0.300. The molecule has 2 N–H and O–H groups in total. The van der Waals surface area contributed by atoms with Crippen LogP contribution in [0.15, 0.2) is 60.8 Å². The second-order valence-corrected chi connectivity index (χ2v) is 9.38. The number of hydrogen-bond donors (Lipinski definition) is 2. The number of aromatic nitrogens is 1. The van der Waals surface area contributed by atoms with Crippen LogP contribution in [0.1, 0.15) is 59.2 Å². The summed E-state index contributed by atoms with van der Waals surface area (Å²) in [7, 11) is 0. The van der Waals surface area contributed by atoms with Gasteiger partial charge in [-0.1, -0.05) is 31.2 Å². The van der Waals surface area contributed by atoms with Crippen LogP contribution in [-0.2, 0) is 16.0 Å². The van der Waals surface area contributed by atoms with E-state index < -0.39 is 11.9 Å². The number of amides is 1. The number of ether oxygens (including phenoxy) is 2. The van der Waals surface area contributed by atoms with Crippen LogP contribution in [0.4, 0.5) is 5.69 Å². The van der Waals surface area contributed by atoms with Crippen molar-refractivity contribution in [1.29, 1.82) is 5.41 Å². The molecule has 2 aromatic carbocycles. The summed E-state index contributed by atoms with van der Waals surface area (Å²) in [5.41, 5.74) is 2.12. The molecule has 1 fully saturated rings. The summed E-state index contributed by atoms with van der Waals surface area (Å²) in [6.45, 7) is 3.34. The first-order valence-corrected chi connectivity index (χ1v) is 13.0. The Morgan fingerprint density at radius 3 is 2.38 bits per heavy atom. The minimum atomic E-state index is -0.533. The van der Waals surface area contributed by atoms with Gasteiger partial charge in [-0.3, -0.25) is 20.0 Å². The molecule has 10 heteroatoms. The molecule has 4 rings (SSSR count). The van der Waals surface area contributed by atoms with Crippen molar-refractivity contribution in [2.45, 2.75) is 33.6 Å². The zero-order valence-electron chi connectivity index (χ0n) is 21.5. The molecule has 0 spiro atoms. The lowest BCUT2D eigenvalue weighted by atomic mass is 10.0. The Kier molecular flexibility index (Phi) is 10.8. The van der Waals surface area contributed by atoms with E-state index in [0.29, 0.717) is 22.1 Å². The lowest BCUT2D eigenvalue weighted by Crippen LogP contribution is -2.27. The van der Waals surface area contributed by atoms with Crippen LogP contribution < -0.4 is 10.1 Å². The van der Waals surface area contributed by atoms with Gasteiger partial charge in [0, 0.05) is 41.7 Å². The zero-order valence-corrected chi connectivity index (χ0v) is 22.3. The van der Waals surface area contributed by atoms with Crippen LogP contribution in [0.3, 0.4) is 0 Å². The Labute approximate surface area is 239 Å². The summed E-state index contributed by atoms with van der Waals surface area (Å²) >= 11 is 5.91. The van der Waals surface area contributed by atoms with Gasteiger partial charge in [-0.25, -0.2) is 4.79 Å². The number of halogens is 1. The molecule has 1 aliphatic heterocycles. The van der Waals surface area contributed by atoms with Gasteiger partial charge in [-0.2, -0.15) is 0 Å². The number of likely N-dealkylation sites (tertiary alicyclic amines) is 1. The summed E-state index contributed by atoms with van der Waals surface area (Å²) in [5, 5.41) is 11.7. The number of amidine groups is 1. The maximum Gasteiger partial charge on any atom is 0.344 e. The van der Waals surface area contributed by atoms with E-state index in [-0.39, 0.29) is 49.8 Å². The smallest absolute Gasteiger partial charge is 0.344 e. The SMILES string of the molecule is C.CCOC(=O)COc1ccc(NC(=O)c2ccc(C(=N)N3CCCC3)cc2)c(C(=O)Cc2ccc(Cl)cn2)c1. The standard InChI is InChI=1S/C29H29ClN4O5.CH4/c1-2-38-27(36)18-39-23-11-12-25(24(16-23)26(35)15-22-10-9-21(30)17-32-22)33-29(37)20-7-5-19(6-8-20)28(31)34-13-3-4-14-34;/h5-12,16-17,31H,2-4,13-15,18H2,1H3,(H,33,37);1H4. The minimum Gasteiger partial charge on any atom is -0.482 e. The lowest BCUT2D eigenvalue weighted by Gasteiger charge is -2.18. The zero-order chi connectivity index (χ0) is 27.8. The number of pyridine rings is 1. The number of rotatable bonds is 10. The Hall–Kier alpha value is -4.24. The van der Waals surface area contributed by atoms with Gasteiger partial charge in [0.1, 0.15) is 11.6 Å². The van der Waals surface area contributed by atoms with E-state index in [1.165, 1.54) is 12.3 Å². The normalized spacial score (nSPS) is 12.3. The average Bonchev–Trinajstić information content (AvgIpc) is 3.49. The predicted molar refractivity (Wildman–Crippen MR) is 155 cm³/mol. The Balaban J connectivity index is 0.00000441. The van der Waals surface area contributed by atoms with E-state index >= 15 is 0 Å². The van der Waals surface area contributed by atoms with Crippen molar-refractivity contribution in [2.24, 2.45) is 0 Å². The molecule has 3 aromatic rings. The minimum absolute atomic E-state index is 0. The van der Waals surface area contributed by atoms with Gasteiger partial charge >= 0.3 is 5.97 Å². The van der Waals surface area contributed by atoms with E-state index in [0.717, 1.165) is 31.5 Å². The highest BCUT2D eigenvalue weighted by molar-refractivity contribution is 6.30. The number of hydrogen-bond acceptors (Lipinski definition) is 7. The Bertz CT molecular complexity index is 1350. The second-order valence-electron chi connectivity index (χ2n) is 8.94. The molecule has 1 aromatic heterocycles. The monoisotopic (exact) mass is 564 g/mol. The van der Waals surface area contributed by atoms with Crippen LogP contribution in [0.2, 0.25) is 5.02 Å². The van der Waals surface area contributed by atoms with Gasteiger partial charge < -0.3 is 19.7 Å². The molecule has 1 aliphatic rings. The van der Waals surface area contributed by atoms with Crippen LogP contribution in [0, 0.1) is 5.41 Å². The highest BCUT2D eigenvalue weighted by atomic mass is 35.5. The quantitative estimate of drug-likeness (QED) is 0.146. The number of benzene rings is 2. The predicted octanol–water partition coefficient (Wildman–Crippen LogP) is 5.41. The third-order valence-corrected chi connectivity index (χ3v) is 6.40. The van der Waals surface area contributed by atoms with Crippen LogP contribution in [-0.4, -0.2) is 59.7 Å². The van der Waals surface area contributed by atoms with E-state index in [4.69, 9.17) is 26.5 Å². The molecule has 0 bridgehead atoms. The first-order chi connectivity index (χ1) is 18.8. The number of esters is 1. The van der Waals surface area contributed by atoms with Crippen molar-refractivity contribution in [1.82, 2.24) is 9.88 Å². The van der Waals surface area contributed by atoms with Gasteiger partial charge in [-0.15, -0.1) is 0 Å². The molecule has 0 unspecified atom stereocenters. The van der Waals surface area contributed by atoms with Crippen molar-refractivity contribution < 1.29 is 23.9 Å². The molecule has 40 heavy (non-hydrogen) atoms. The topological polar surface area (TPSA) is 122 Å². The Morgan fingerprint density at radius 1 is 1.02 bits per heavy atom. The van der Waals surface area contributed by atoms with Gasteiger partial charge in [-0.05, 0) is 62.2 Å². The van der Waals surface area contributed by atoms with E-state index in [9.17, 15) is 14.4 Å². The van der Waals surface area contributed by atoms with Gasteiger partial charge in [0.05, 0.1) is 23.7 Å². The first-order valence-electron chi connectivity index (χ1n) is 12.7. The van der Waals surface area contributed by atoms with Crippen molar-refractivity contribution in [3.63, 3.8) is 0 Å². The number of carbonyl (C=O) groups excluding carboxylic acids is 3. The molecule has 0 saturated carbocycles. The maximum absolute atomic E-state index is 13.3. The maximum atomic E-state index is 13.3. The lowest BCUT2D eigenvalue weighted by molar-refractivity contribution is -0.145. The molecule has 210 valence electrons. The summed E-state index contributed by atoms with van der Waals surface area (Å²) in [6.07, 6.45) is 3.57. The molecule has 0 atom stereocenters. The molecule has 1 saturated heterocycles. The van der Waals surface area contributed by atoms with Crippen molar-refractivity contribution in [3.05, 3.63) is 88.2 Å². The average molecular weight is 565 g/mol. The highest BCUT2D eigenvalue weighted by Crippen LogP contribution is 2.25. The number of nitrogens with zero attached hydrogens (tertiary/aromatic N) is 2. The first kappa shape index (κ1) is 30.3. The number of Topliss-reactive ketones (excluding diaryl/α,β-unsaturated/α-hetero) is 1. The number of nitrogens with one attached hydrogen (secondary N) is 2. The highest BCUT2D eigenvalue weighted by Gasteiger charge is 2.19. The van der Waals surface area contributed by atoms with Gasteiger partial charge in [0.15, 0.2) is 12.4 Å². The van der Waals surface area contributed by atoms with Crippen LogP contribution >= 0.6 is 11.6 Å². The van der Waals surface area contributed by atoms with Gasteiger partial charge in [0.25, 0.3) is 5.91 Å². The third-order valence-electron chi connectivity index (χ3n) is 6.17. The Morgan fingerprint density at radius 2 is 1.73 bits per heavy atom. The van der Waals surface area contributed by atoms with Crippen molar-refractivity contribution >= 4 is 40.8 Å². The van der Waals surface area contributed by atoms with Crippen LogP contribution in [0.25, 0.3) is 0 Å². The molecular weight excluding hydrogens is 532 g/mol. The molecule has 0 radical (unpaired) electrons. The number of ketones is 1. The van der Waals surface area contributed by atoms with Crippen molar-refractivity contribution in [2.75, 3.05) is 31.6 Å². The van der Waals surface area contributed by atoms with E-state index in [2.05, 4.69) is 10.3 Å². The fourth-order valence-electron chi connectivity index (χ4n) is 4.17. The summed E-state index contributed by atoms with van der Waals surface area (Å²) in [6, 6.07) is 14.7. The van der Waals surface area contributed by atoms with E-state index in [1.54, 1.807) is 55.5 Å². The largest absolute Gasteiger partial charge is 0.482 e. The summed E-state index contributed by atoms with van der Waals surface area (Å²) in [4.78, 5) is 44.3. The van der Waals surface area contributed by atoms with E-state index in [1.807, 2.05) is 4.90 Å². The molecular formula is C30H33ClN4O5. The fourth-order valence-corrected chi connectivity index (χ4v) is 4.28. The molecule has 1 amide bonds. The number of anilines is 1. The molecule has 9 nitrogen and oxygen atoms in total. The van der Waals surface area contributed by atoms with Crippen molar-refractivity contribution in [3.8, 4) is 5.75 Å².